The van der Waals surface area contributed by atoms with Crippen molar-refractivity contribution in [2.24, 2.45) is 11.8 Å². The van der Waals surface area contributed by atoms with E-state index in [-0.39, 0.29) is 17.7 Å². The second-order valence-electron chi connectivity index (χ2n) is 5.41. The number of ether oxygens (including phenoxy) is 1. The van der Waals surface area contributed by atoms with E-state index < -0.39 is 5.97 Å². The molecule has 1 aliphatic rings. The number of carboxylic acids is 1. The van der Waals surface area contributed by atoms with Crippen molar-refractivity contribution in [3.8, 4) is 5.75 Å². The molecule has 0 saturated heterocycles. The molecule has 0 unspecified atom stereocenters. The lowest BCUT2D eigenvalue weighted by molar-refractivity contribution is -0.141. The Morgan fingerprint density at radius 1 is 1.33 bits per heavy atom. The van der Waals surface area contributed by atoms with Gasteiger partial charge in [0.15, 0.2) is 0 Å². The average molecular weight is 291 g/mol. The summed E-state index contributed by atoms with van der Waals surface area (Å²) in [5, 5.41) is 11.8. The maximum Gasteiger partial charge on any atom is 0.306 e. The highest BCUT2D eigenvalue weighted by atomic mass is 16.5. The first-order valence-electron chi connectivity index (χ1n) is 7.36. The van der Waals surface area contributed by atoms with E-state index in [0.717, 1.165) is 12.2 Å². The number of carboxylic acid groups (broad SMARTS) is 1. The Balaban J connectivity index is 1.92. The van der Waals surface area contributed by atoms with Crippen LogP contribution in [-0.4, -0.2) is 23.6 Å². The molecule has 1 fully saturated rings. The minimum Gasteiger partial charge on any atom is -0.494 e. The maximum absolute atomic E-state index is 12.2. The lowest BCUT2D eigenvalue weighted by Gasteiger charge is -2.12. The summed E-state index contributed by atoms with van der Waals surface area (Å²) >= 11 is 0. The lowest BCUT2D eigenvalue weighted by Crippen LogP contribution is -2.21. The molecular weight excluding hydrogens is 270 g/mol. The molecule has 1 saturated carbocycles. The molecule has 0 heterocycles. The molecule has 2 atom stereocenters. The molecule has 0 radical (unpaired) electrons. The predicted octanol–water partition coefficient (Wildman–Crippen LogP) is 2.91. The van der Waals surface area contributed by atoms with E-state index in [1.54, 1.807) is 12.1 Å². The SMILES string of the molecule is CCCOc1cccc(NC(=O)[C@@H]2CC[C@H](C(=O)O)C2)c1. The Morgan fingerprint density at radius 2 is 2.10 bits per heavy atom. The number of hydrogen-bond donors (Lipinski definition) is 2. The number of rotatable bonds is 6. The summed E-state index contributed by atoms with van der Waals surface area (Å²) in [7, 11) is 0. The van der Waals surface area contributed by atoms with Crippen molar-refractivity contribution in [1.82, 2.24) is 0 Å². The van der Waals surface area contributed by atoms with E-state index in [9.17, 15) is 9.59 Å². The van der Waals surface area contributed by atoms with Gasteiger partial charge in [0.25, 0.3) is 0 Å². The number of hydrogen-bond acceptors (Lipinski definition) is 3. The molecule has 1 aromatic rings. The first-order valence-corrected chi connectivity index (χ1v) is 7.36. The quantitative estimate of drug-likeness (QED) is 0.845. The van der Waals surface area contributed by atoms with Crippen molar-refractivity contribution < 1.29 is 19.4 Å². The topological polar surface area (TPSA) is 75.6 Å². The lowest BCUT2D eigenvalue weighted by atomic mass is 10.0. The average Bonchev–Trinajstić information content (AvgIpc) is 2.95. The molecular formula is C16H21NO4. The van der Waals surface area contributed by atoms with Crippen molar-refractivity contribution in [3.63, 3.8) is 0 Å². The van der Waals surface area contributed by atoms with Crippen LogP contribution in [0, 0.1) is 11.8 Å². The fourth-order valence-corrected chi connectivity index (χ4v) is 2.57. The van der Waals surface area contributed by atoms with E-state index in [0.29, 0.717) is 31.6 Å². The van der Waals surface area contributed by atoms with Gasteiger partial charge in [-0.15, -0.1) is 0 Å². The molecule has 2 rings (SSSR count). The third-order valence-electron chi connectivity index (χ3n) is 3.73. The van der Waals surface area contributed by atoms with Crippen molar-refractivity contribution in [1.29, 1.82) is 0 Å². The van der Waals surface area contributed by atoms with Gasteiger partial charge in [-0.25, -0.2) is 0 Å². The fraction of sp³-hybridized carbons (Fsp3) is 0.500. The summed E-state index contributed by atoms with van der Waals surface area (Å²) in [6.07, 6.45) is 2.56. The largest absolute Gasteiger partial charge is 0.494 e. The van der Waals surface area contributed by atoms with Gasteiger partial charge in [-0.3, -0.25) is 9.59 Å². The van der Waals surface area contributed by atoms with Crippen LogP contribution < -0.4 is 10.1 Å². The van der Waals surface area contributed by atoms with Crippen LogP contribution >= 0.6 is 0 Å². The minimum absolute atomic E-state index is 0.105. The number of nitrogens with one attached hydrogen (secondary N) is 1. The molecule has 1 amide bonds. The van der Waals surface area contributed by atoms with E-state index in [1.165, 1.54) is 0 Å². The van der Waals surface area contributed by atoms with E-state index >= 15 is 0 Å². The third-order valence-corrected chi connectivity index (χ3v) is 3.73. The number of benzene rings is 1. The van der Waals surface area contributed by atoms with Crippen molar-refractivity contribution in [2.75, 3.05) is 11.9 Å². The van der Waals surface area contributed by atoms with Crippen LogP contribution in [0.3, 0.4) is 0 Å². The molecule has 0 aliphatic heterocycles. The Bertz CT molecular complexity index is 515. The normalized spacial score (nSPS) is 21.0. The molecule has 1 aromatic carbocycles. The van der Waals surface area contributed by atoms with Crippen LogP contribution in [0.1, 0.15) is 32.6 Å². The van der Waals surface area contributed by atoms with Crippen LogP contribution in [0.5, 0.6) is 5.75 Å². The van der Waals surface area contributed by atoms with Crippen LogP contribution in [0.15, 0.2) is 24.3 Å². The number of aliphatic carboxylic acids is 1. The van der Waals surface area contributed by atoms with Gasteiger partial charge in [-0.05, 0) is 37.8 Å². The zero-order chi connectivity index (χ0) is 15.2. The standard InChI is InChI=1S/C16H21NO4/c1-2-8-21-14-5-3-4-13(10-14)17-15(18)11-6-7-12(9-11)16(19)20/h3-5,10-12H,2,6-9H2,1H3,(H,17,18)(H,19,20)/t11-,12+/m1/s1. The molecule has 0 aromatic heterocycles. The van der Waals surface area contributed by atoms with E-state index in [2.05, 4.69) is 5.32 Å². The summed E-state index contributed by atoms with van der Waals surface area (Å²) < 4.78 is 5.52. The van der Waals surface area contributed by atoms with Crippen LogP contribution in [0.2, 0.25) is 0 Å². The van der Waals surface area contributed by atoms with Crippen molar-refractivity contribution in [3.05, 3.63) is 24.3 Å². The third kappa shape index (κ3) is 4.21. The van der Waals surface area contributed by atoms with Gasteiger partial charge in [-0.2, -0.15) is 0 Å². The van der Waals surface area contributed by atoms with Gasteiger partial charge < -0.3 is 15.2 Å². The smallest absolute Gasteiger partial charge is 0.306 e. The summed E-state index contributed by atoms with van der Waals surface area (Å²) in [5.41, 5.74) is 0.687. The van der Waals surface area contributed by atoms with Gasteiger partial charge in [-0.1, -0.05) is 13.0 Å². The van der Waals surface area contributed by atoms with Gasteiger partial charge in [0.2, 0.25) is 5.91 Å². The summed E-state index contributed by atoms with van der Waals surface area (Å²) in [6.45, 7) is 2.67. The Hall–Kier alpha value is -2.04. The molecule has 5 heteroatoms. The second-order valence-corrected chi connectivity index (χ2v) is 5.41. The Morgan fingerprint density at radius 3 is 2.76 bits per heavy atom. The van der Waals surface area contributed by atoms with Gasteiger partial charge in [0.05, 0.1) is 12.5 Å². The Labute approximate surface area is 124 Å². The van der Waals surface area contributed by atoms with Gasteiger partial charge >= 0.3 is 5.97 Å². The first-order chi connectivity index (χ1) is 10.1. The number of anilines is 1. The highest BCUT2D eigenvalue weighted by molar-refractivity contribution is 5.93. The van der Waals surface area contributed by atoms with Crippen LogP contribution in [-0.2, 0) is 9.59 Å². The second kappa shape index (κ2) is 7.11. The Kier molecular flexibility index (Phi) is 5.20. The number of amides is 1. The molecule has 2 N–H and O–H groups in total. The van der Waals surface area contributed by atoms with E-state index in [1.807, 2.05) is 19.1 Å². The van der Waals surface area contributed by atoms with Crippen LogP contribution in [0.25, 0.3) is 0 Å². The molecule has 1 aliphatic carbocycles. The fourth-order valence-electron chi connectivity index (χ4n) is 2.57. The number of carbonyl (C=O) groups is 2. The molecule has 0 spiro atoms. The van der Waals surface area contributed by atoms with Gasteiger partial charge in [0, 0.05) is 17.7 Å². The molecule has 21 heavy (non-hydrogen) atoms. The molecule has 0 bridgehead atoms. The highest BCUT2D eigenvalue weighted by Gasteiger charge is 2.33. The predicted molar refractivity (Wildman–Crippen MR) is 79.3 cm³/mol. The monoisotopic (exact) mass is 291 g/mol. The van der Waals surface area contributed by atoms with E-state index in [4.69, 9.17) is 9.84 Å². The first kappa shape index (κ1) is 15.4. The number of carbonyl (C=O) groups excluding carboxylic acids is 1. The van der Waals surface area contributed by atoms with Gasteiger partial charge in [0.1, 0.15) is 5.75 Å². The highest BCUT2D eigenvalue weighted by Crippen LogP contribution is 2.32. The summed E-state index contributed by atoms with van der Waals surface area (Å²) in [4.78, 5) is 23.1. The maximum atomic E-state index is 12.2. The summed E-state index contributed by atoms with van der Waals surface area (Å²) in [5.74, 6) is -0.789. The molecule has 114 valence electrons. The zero-order valence-electron chi connectivity index (χ0n) is 12.2. The van der Waals surface area contributed by atoms with Crippen molar-refractivity contribution >= 4 is 17.6 Å². The zero-order valence-corrected chi connectivity index (χ0v) is 12.2. The van der Waals surface area contributed by atoms with Crippen molar-refractivity contribution in [2.45, 2.75) is 32.6 Å². The minimum atomic E-state index is -0.805. The molecule has 5 nitrogen and oxygen atoms in total. The summed E-state index contributed by atoms with van der Waals surface area (Å²) in [6, 6.07) is 7.27. The van der Waals surface area contributed by atoms with Crippen LogP contribution in [0.4, 0.5) is 5.69 Å².